The first-order valence-corrected chi connectivity index (χ1v) is 25.2. The lowest BCUT2D eigenvalue weighted by atomic mass is 9.94. The number of carbonyl (C=O) groups is 2. The molecule has 0 saturated heterocycles. The molecule has 0 amide bonds. The molecule has 0 aliphatic carbocycles. The fourth-order valence-electron chi connectivity index (χ4n) is 6.82. The Hall–Kier alpha value is -0.620. The van der Waals surface area contributed by atoms with Gasteiger partial charge in [0.2, 0.25) is 0 Å². The lowest BCUT2D eigenvalue weighted by molar-refractivity contribution is -0.150. The van der Waals surface area contributed by atoms with Gasteiger partial charge in [0, 0.05) is 11.2 Å². The van der Waals surface area contributed by atoms with E-state index in [2.05, 4.69) is 27.7 Å². The molecule has 0 aliphatic heterocycles. The van der Waals surface area contributed by atoms with Crippen molar-refractivity contribution in [3.8, 4) is 0 Å². The highest BCUT2D eigenvalue weighted by molar-refractivity contribution is 7.81. The van der Waals surface area contributed by atoms with Gasteiger partial charge in [0.1, 0.15) is 0 Å². The Bertz CT molecular complexity index is 794. The normalized spacial score (nSPS) is 13.8. The fraction of sp³-hybridized carbons (Fsp3) is 0.955. The van der Waals surface area contributed by atoms with E-state index in [0.29, 0.717) is 13.2 Å². The van der Waals surface area contributed by atoms with Crippen LogP contribution in [0, 0.1) is 11.8 Å². The monoisotopic (exact) mass is 793 g/mol. The number of rotatable bonds is 42. The van der Waals surface area contributed by atoms with Gasteiger partial charge in [0.05, 0.1) is 38.3 Å². The molecule has 0 aromatic rings. The largest absolute Gasteiger partial charge is 0.465 e. The van der Waals surface area contributed by atoms with Crippen molar-refractivity contribution in [3.63, 3.8) is 0 Å². The lowest BCUT2D eigenvalue weighted by Crippen LogP contribution is -2.18. The first-order valence-electron chi connectivity index (χ1n) is 22.7. The third-order valence-electron chi connectivity index (χ3n) is 10.3. The van der Waals surface area contributed by atoms with Crippen molar-refractivity contribution in [2.45, 2.75) is 233 Å². The molecule has 9 heteroatoms. The van der Waals surface area contributed by atoms with Crippen LogP contribution >= 0.6 is 18.2 Å². The smallest absolute Gasteiger partial charge is 0.424 e. The molecule has 2 unspecified atom stereocenters. The molecular weight excluding hydrogens is 707 g/mol. The molecule has 2 atom stereocenters. The Balaban J connectivity index is 4.04. The number of halogens is 1. The Morgan fingerprint density at radius 2 is 0.642 bits per heavy atom. The SMILES string of the molecule is CCCCCCCCC(CCCCCC)C(=O)OCCCCCCOP(=O)(Cl)OCCCCCCOC(=O)C(CCCCCC)CCCCCCCC. The van der Waals surface area contributed by atoms with Gasteiger partial charge in [-0.25, -0.2) is 4.57 Å². The average Bonchev–Trinajstić information content (AvgIpc) is 3.14. The molecule has 0 heterocycles. The van der Waals surface area contributed by atoms with Gasteiger partial charge in [0.15, 0.2) is 0 Å². The molecule has 316 valence electrons. The van der Waals surface area contributed by atoms with E-state index in [1.807, 2.05) is 0 Å². The van der Waals surface area contributed by atoms with Crippen molar-refractivity contribution in [3.05, 3.63) is 0 Å². The topological polar surface area (TPSA) is 88.1 Å². The van der Waals surface area contributed by atoms with Crippen LogP contribution in [0.5, 0.6) is 0 Å². The van der Waals surface area contributed by atoms with Crippen LogP contribution in [0.15, 0.2) is 0 Å². The summed E-state index contributed by atoms with van der Waals surface area (Å²) < 4.78 is 34.6. The third kappa shape index (κ3) is 35.5. The molecule has 0 spiro atoms. The minimum Gasteiger partial charge on any atom is -0.465 e. The van der Waals surface area contributed by atoms with Crippen LogP contribution < -0.4 is 0 Å². The first-order chi connectivity index (χ1) is 25.8. The summed E-state index contributed by atoms with van der Waals surface area (Å²) in [5.41, 5.74) is 0. The Kier molecular flexibility index (Phi) is 39.1. The van der Waals surface area contributed by atoms with Crippen molar-refractivity contribution in [2.75, 3.05) is 26.4 Å². The maximum atomic E-state index is 12.8. The molecule has 0 saturated carbocycles. The molecule has 7 nitrogen and oxygen atoms in total. The molecule has 0 aliphatic rings. The predicted molar refractivity (Wildman–Crippen MR) is 225 cm³/mol. The maximum Gasteiger partial charge on any atom is 0.424 e. The highest BCUT2D eigenvalue weighted by Gasteiger charge is 2.22. The zero-order chi connectivity index (χ0) is 39.1. The summed E-state index contributed by atoms with van der Waals surface area (Å²) in [5.74, 6) is 0.0444. The standard InChI is InChI=1S/C44H86ClO7P/c1-5-9-13-17-19-27-35-41(33-25-15-11-7-3)43(46)49-37-29-21-23-31-39-51-53(45,48)52-40-32-24-22-30-38-50-44(47)42(34-26-16-12-8-4)36-28-20-18-14-10-6-2/h41-42H,5-40H2,1-4H3. The Morgan fingerprint density at radius 1 is 0.396 bits per heavy atom. The average molecular weight is 794 g/mol. The van der Waals surface area contributed by atoms with Crippen LogP contribution in [0.25, 0.3) is 0 Å². The highest BCUT2D eigenvalue weighted by atomic mass is 35.7. The molecule has 0 bridgehead atoms. The van der Waals surface area contributed by atoms with E-state index in [4.69, 9.17) is 29.8 Å². The number of hydrogen-bond donors (Lipinski definition) is 0. The molecule has 0 aromatic carbocycles. The van der Waals surface area contributed by atoms with Crippen LogP contribution in [0.3, 0.4) is 0 Å². The summed E-state index contributed by atoms with van der Waals surface area (Å²) >= 11 is 6.03. The van der Waals surface area contributed by atoms with Crippen LogP contribution in [-0.4, -0.2) is 38.4 Å². The predicted octanol–water partition coefficient (Wildman–Crippen LogP) is 15.2. The minimum absolute atomic E-state index is 0.0159. The van der Waals surface area contributed by atoms with Crippen molar-refractivity contribution < 1.29 is 32.7 Å². The van der Waals surface area contributed by atoms with Crippen LogP contribution in [0.1, 0.15) is 233 Å². The molecule has 0 rings (SSSR count). The molecule has 0 aromatic heterocycles. The second kappa shape index (κ2) is 39.6. The Morgan fingerprint density at radius 3 is 0.962 bits per heavy atom. The van der Waals surface area contributed by atoms with Gasteiger partial charge in [0.25, 0.3) is 0 Å². The summed E-state index contributed by atoms with van der Waals surface area (Å²) in [4.78, 5) is 25.6. The Labute approximate surface area is 333 Å². The zero-order valence-corrected chi connectivity index (χ0v) is 36.9. The van der Waals surface area contributed by atoms with Gasteiger partial charge < -0.3 is 9.47 Å². The van der Waals surface area contributed by atoms with Gasteiger partial charge in [-0.05, 0) is 64.2 Å². The maximum absolute atomic E-state index is 12.8. The van der Waals surface area contributed by atoms with E-state index >= 15 is 0 Å². The number of unbranched alkanes of at least 4 members (excludes halogenated alkanes) is 22. The van der Waals surface area contributed by atoms with Crippen molar-refractivity contribution in [1.82, 2.24) is 0 Å². The molecule has 0 N–H and O–H groups in total. The van der Waals surface area contributed by atoms with E-state index in [1.165, 1.54) is 103 Å². The number of hydrogen-bond acceptors (Lipinski definition) is 7. The van der Waals surface area contributed by atoms with Gasteiger partial charge in [-0.15, -0.1) is 0 Å². The van der Waals surface area contributed by atoms with Gasteiger partial charge in [-0.2, -0.15) is 0 Å². The summed E-state index contributed by atoms with van der Waals surface area (Å²) in [6.45, 7) is 6.78. The van der Waals surface area contributed by atoms with Crippen molar-refractivity contribution in [2.24, 2.45) is 11.8 Å². The van der Waals surface area contributed by atoms with E-state index in [9.17, 15) is 14.2 Å². The number of esters is 2. The van der Waals surface area contributed by atoms with Crippen LogP contribution in [0.4, 0.5) is 0 Å². The van der Waals surface area contributed by atoms with E-state index in [0.717, 1.165) is 103 Å². The molecule has 53 heavy (non-hydrogen) atoms. The molecule has 0 fully saturated rings. The zero-order valence-electron chi connectivity index (χ0n) is 35.3. The van der Waals surface area contributed by atoms with E-state index < -0.39 is 6.95 Å². The lowest BCUT2D eigenvalue weighted by Gasteiger charge is -2.16. The van der Waals surface area contributed by atoms with Crippen LogP contribution in [-0.2, 0) is 32.7 Å². The molecular formula is C44H86ClO7P. The summed E-state index contributed by atoms with van der Waals surface area (Å²) in [5, 5.41) is 0. The van der Waals surface area contributed by atoms with Crippen LogP contribution in [0.2, 0.25) is 0 Å². The fourth-order valence-corrected chi connectivity index (χ4v) is 8.00. The minimum atomic E-state index is -3.59. The van der Waals surface area contributed by atoms with E-state index in [-0.39, 0.29) is 37.0 Å². The molecule has 0 radical (unpaired) electrons. The second-order valence-electron chi connectivity index (χ2n) is 15.5. The van der Waals surface area contributed by atoms with Crippen molar-refractivity contribution >= 4 is 30.1 Å². The van der Waals surface area contributed by atoms with E-state index in [1.54, 1.807) is 0 Å². The third-order valence-corrected chi connectivity index (χ3v) is 11.9. The summed E-state index contributed by atoms with van der Waals surface area (Å²) in [6, 6.07) is 0. The van der Waals surface area contributed by atoms with Crippen molar-refractivity contribution in [1.29, 1.82) is 0 Å². The number of ether oxygens (including phenoxy) is 2. The van der Waals surface area contributed by atoms with Gasteiger partial charge in [-0.1, -0.05) is 169 Å². The quantitative estimate of drug-likeness (QED) is 0.0345. The first kappa shape index (κ1) is 52.4. The highest BCUT2D eigenvalue weighted by Crippen LogP contribution is 2.53. The summed E-state index contributed by atoms with van der Waals surface area (Å²) in [6.07, 6.45) is 34.8. The van der Waals surface area contributed by atoms with Gasteiger partial charge in [-0.3, -0.25) is 18.6 Å². The summed E-state index contributed by atoms with van der Waals surface area (Å²) in [7, 11) is 0. The number of carbonyl (C=O) groups excluding carboxylic acids is 2. The van der Waals surface area contributed by atoms with Gasteiger partial charge >= 0.3 is 18.9 Å². The second-order valence-corrected chi connectivity index (χ2v) is 18.1.